The molecule has 0 N–H and O–H groups in total. The standard InChI is InChI=1S/C8H14O/c1-5(2)8(9)7-4-6(7)3/h5-7H,4H2,1-3H3. The fourth-order valence-electron chi connectivity index (χ4n) is 1.15. The van der Waals surface area contributed by atoms with E-state index < -0.39 is 0 Å². The third kappa shape index (κ3) is 1.32. The molecule has 0 amide bonds. The average Bonchev–Trinajstić information content (AvgIpc) is 2.44. The van der Waals surface area contributed by atoms with Crippen LogP contribution in [0.15, 0.2) is 0 Å². The van der Waals surface area contributed by atoms with Crippen molar-refractivity contribution in [2.45, 2.75) is 27.2 Å². The molecule has 52 valence electrons. The van der Waals surface area contributed by atoms with E-state index in [-0.39, 0.29) is 5.92 Å². The Kier molecular flexibility index (Phi) is 1.60. The van der Waals surface area contributed by atoms with Crippen LogP contribution in [0.25, 0.3) is 0 Å². The summed E-state index contributed by atoms with van der Waals surface area (Å²) in [6.45, 7) is 6.10. The summed E-state index contributed by atoms with van der Waals surface area (Å²) in [5, 5.41) is 0. The van der Waals surface area contributed by atoms with Crippen molar-refractivity contribution in [3.05, 3.63) is 0 Å². The maximum atomic E-state index is 11.1. The van der Waals surface area contributed by atoms with Gasteiger partial charge in [0.05, 0.1) is 0 Å². The number of hydrogen-bond acceptors (Lipinski definition) is 1. The zero-order valence-electron chi connectivity index (χ0n) is 6.35. The molecule has 0 bridgehead atoms. The Morgan fingerprint density at radius 2 is 2.00 bits per heavy atom. The first-order valence-corrected chi connectivity index (χ1v) is 3.66. The van der Waals surface area contributed by atoms with Gasteiger partial charge in [-0.15, -0.1) is 0 Å². The summed E-state index contributed by atoms with van der Waals surface area (Å²) >= 11 is 0. The highest BCUT2D eigenvalue weighted by Gasteiger charge is 2.39. The minimum atomic E-state index is 0.250. The molecule has 1 rings (SSSR count). The smallest absolute Gasteiger partial charge is 0.138 e. The van der Waals surface area contributed by atoms with Crippen LogP contribution in [0.4, 0.5) is 0 Å². The third-order valence-corrected chi connectivity index (χ3v) is 2.04. The van der Waals surface area contributed by atoms with E-state index in [2.05, 4.69) is 6.92 Å². The lowest BCUT2D eigenvalue weighted by Gasteiger charge is -1.99. The minimum Gasteiger partial charge on any atom is -0.299 e. The monoisotopic (exact) mass is 126 g/mol. The first-order valence-electron chi connectivity index (χ1n) is 3.66. The summed E-state index contributed by atoms with van der Waals surface area (Å²) in [4.78, 5) is 11.1. The average molecular weight is 126 g/mol. The van der Waals surface area contributed by atoms with Crippen molar-refractivity contribution in [1.29, 1.82) is 0 Å². The first kappa shape index (κ1) is 6.79. The number of carbonyl (C=O) groups is 1. The topological polar surface area (TPSA) is 17.1 Å². The molecule has 0 aliphatic heterocycles. The van der Waals surface area contributed by atoms with E-state index in [1.165, 1.54) is 0 Å². The van der Waals surface area contributed by atoms with Crippen LogP contribution >= 0.6 is 0 Å². The lowest BCUT2D eigenvalue weighted by Crippen LogP contribution is -2.09. The Balaban J connectivity index is 2.36. The molecule has 1 fully saturated rings. The van der Waals surface area contributed by atoms with Crippen molar-refractivity contribution in [1.82, 2.24) is 0 Å². The molecule has 2 atom stereocenters. The number of rotatable bonds is 2. The second-order valence-corrected chi connectivity index (χ2v) is 3.38. The first-order chi connectivity index (χ1) is 4.13. The van der Waals surface area contributed by atoms with Gasteiger partial charge in [-0.2, -0.15) is 0 Å². The molecule has 0 radical (unpaired) electrons. The van der Waals surface area contributed by atoms with Crippen LogP contribution in [-0.2, 0) is 4.79 Å². The molecule has 9 heavy (non-hydrogen) atoms. The molecule has 0 spiro atoms. The molecule has 1 heteroatoms. The van der Waals surface area contributed by atoms with Gasteiger partial charge in [0.25, 0.3) is 0 Å². The summed E-state index contributed by atoms with van der Waals surface area (Å²) in [5.74, 6) is 1.81. The molecule has 0 aromatic carbocycles. The highest BCUT2D eigenvalue weighted by Crippen LogP contribution is 2.39. The van der Waals surface area contributed by atoms with E-state index in [0.29, 0.717) is 17.6 Å². The molecular formula is C8H14O. The van der Waals surface area contributed by atoms with Crippen molar-refractivity contribution in [3.8, 4) is 0 Å². The van der Waals surface area contributed by atoms with Gasteiger partial charge in [-0.05, 0) is 12.3 Å². The van der Waals surface area contributed by atoms with Crippen molar-refractivity contribution in [3.63, 3.8) is 0 Å². The van der Waals surface area contributed by atoms with Gasteiger partial charge in [0.2, 0.25) is 0 Å². The van der Waals surface area contributed by atoms with Crippen LogP contribution in [0.5, 0.6) is 0 Å². The minimum absolute atomic E-state index is 0.250. The largest absolute Gasteiger partial charge is 0.299 e. The van der Waals surface area contributed by atoms with Gasteiger partial charge in [-0.1, -0.05) is 20.8 Å². The summed E-state index contributed by atoms with van der Waals surface area (Å²) in [7, 11) is 0. The fourth-order valence-corrected chi connectivity index (χ4v) is 1.15. The lowest BCUT2D eigenvalue weighted by molar-refractivity contribution is -0.123. The van der Waals surface area contributed by atoms with Crippen molar-refractivity contribution < 1.29 is 4.79 Å². The van der Waals surface area contributed by atoms with Gasteiger partial charge in [-0.3, -0.25) is 4.79 Å². The zero-order chi connectivity index (χ0) is 7.02. The van der Waals surface area contributed by atoms with Crippen molar-refractivity contribution >= 4 is 5.78 Å². The SMILES string of the molecule is CC(C)C(=O)C1CC1C. The molecule has 1 saturated carbocycles. The van der Waals surface area contributed by atoms with E-state index in [1.54, 1.807) is 0 Å². The maximum absolute atomic E-state index is 11.1. The molecular weight excluding hydrogens is 112 g/mol. The second-order valence-electron chi connectivity index (χ2n) is 3.38. The van der Waals surface area contributed by atoms with Crippen LogP contribution in [0.3, 0.4) is 0 Å². The lowest BCUT2D eigenvalue weighted by atomic mass is 10.0. The quantitative estimate of drug-likeness (QED) is 0.552. The highest BCUT2D eigenvalue weighted by molar-refractivity contribution is 5.85. The van der Waals surface area contributed by atoms with Crippen LogP contribution < -0.4 is 0 Å². The second kappa shape index (κ2) is 2.13. The van der Waals surface area contributed by atoms with Crippen molar-refractivity contribution in [2.24, 2.45) is 17.8 Å². The van der Waals surface area contributed by atoms with Crippen LogP contribution in [0.1, 0.15) is 27.2 Å². The molecule has 2 unspecified atom stereocenters. The van der Waals surface area contributed by atoms with E-state index in [9.17, 15) is 4.79 Å². The Bertz CT molecular complexity index is 127. The number of ketones is 1. The summed E-state index contributed by atoms with van der Waals surface area (Å²) in [5.41, 5.74) is 0. The van der Waals surface area contributed by atoms with Crippen LogP contribution in [-0.4, -0.2) is 5.78 Å². The maximum Gasteiger partial charge on any atom is 0.138 e. The van der Waals surface area contributed by atoms with Crippen LogP contribution in [0, 0.1) is 17.8 Å². The Labute approximate surface area is 56.4 Å². The van der Waals surface area contributed by atoms with Gasteiger partial charge in [-0.25, -0.2) is 0 Å². The fraction of sp³-hybridized carbons (Fsp3) is 0.875. The molecule has 1 aliphatic carbocycles. The van der Waals surface area contributed by atoms with Gasteiger partial charge >= 0.3 is 0 Å². The van der Waals surface area contributed by atoms with Gasteiger partial charge < -0.3 is 0 Å². The molecule has 0 saturated heterocycles. The molecule has 1 aliphatic rings. The molecule has 1 nitrogen and oxygen atoms in total. The van der Waals surface area contributed by atoms with E-state index >= 15 is 0 Å². The number of hydrogen-bond donors (Lipinski definition) is 0. The van der Waals surface area contributed by atoms with E-state index in [4.69, 9.17) is 0 Å². The highest BCUT2D eigenvalue weighted by atomic mass is 16.1. The van der Waals surface area contributed by atoms with E-state index in [1.807, 2.05) is 13.8 Å². The predicted octanol–water partition coefficient (Wildman–Crippen LogP) is 1.87. The molecule has 0 heterocycles. The number of carbonyl (C=O) groups excluding carboxylic acids is 1. The molecule has 0 aromatic heterocycles. The number of Topliss-reactive ketones (excluding diaryl/α,β-unsaturated/α-hetero) is 1. The normalized spacial score (nSPS) is 32.9. The van der Waals surface area contributed by atoms with Gasteiger partial charge in [0.15, 0.2) is 0 Å². The third-order valence-electron chi connectivity index (χ3n) is 2.04. The van der Waals surface area contributed by atoms with Gasteiger partial charge in [0.1, 0.15) is 5.78 Å². The Hall–Kier alpha value is -0.330. The van der Waals surface area contributed by atoms with Crippen LogP contribution in [0.2, 0.25) is 0 Å². The van der Waals surface area contributed by atoms with Crippen molar-refractivity contribution in [2.75, 3.05) is 0 Å². The van der Waals surface area contributed by atoms with Gasteiger partial charge in [0, 0.05) is 11.8 Å². The predicted molar refractivity (Wildman–Crippen MR) is 37.1 cm³/mol. The Morgan fingerprint density at radius 3 is 2.11 bits per heavy atom. The van der Waals surface area contributed by atoms with E-state index in [0.717, 1.165) is 6.42 Å². The molecule has 0 aromatic rings. The summed E-state index contributed by atoms with van der Waals surface area (Å²) < 4.78 is 0. The zero-order valence-corrected chi connectivity index (χ0v) is 6.35. The Morgan fingerprint density at radius 1 is 1.56 bits per heavy atom. The summed E-state index contributed by atoms with van der Waals surface area (Å²) in [6, 6.07) is 0. The summed E-state index contributed by atoms with van der Waals surface area (Å²) in [6.07, 6.45) is 1.14.